The molecule has 12 nitrogen and oxygen atoms in total. The highest BCUT2D eigenvalue weighted by molar-refractivity contribution is 8.76. The zero-order chi connectivity index (χ0) is 44.1. The topological polar surface area (TPSA) is 132 Å². The van der Waals surface area contributed by atoms with Gasteiger partial charge in [-0.25, -0.2) is 9.59 Å². The molecule has 0 bridgehead atoms. The Bertz CT molecular complexity index is 853. The highest BCUT2D eigenvalue weighted by Gasteiger charge is 2.16. The molecule has 60 heavy (non-hydrogen) atoms. The Hall–Kier alpha value is -1.00. The summed E-state index contributed by atoms with van der Waals surface area (Å²) in [6.45, 7) is 18.8. The summed E-state index contributed by atoms with van der Waals surface area (Å²) in [4.78, 5) is 23.1. The van der Waals surface area contributed by atoms with Crippen LogP contribution >= 0.6 is 21.6 Å². The Morgan fingerprint density at radius 2 is 0.567 bits per heavy atom. The lowest BCUT2D eigenvalue weighted by atomic mass is 10.1. The van der Waals surface area contributed by atoms with E-state index in [2.05, 4.69) is 32.2 Å². The van der Waals surface area contributed by atoms with Crippen molar-refractivity contribution in [2.24, 2.45) is 0 Å². The van der Waals surface area contributed by atoms with Gasteiger partial charge in [-0.2, -0.15) is 0 Å². The molecule has 0 aromatic heterocycles. The molecular weight excluding hydrogens is 805 g/mol. The van der Waals surface area contributed by atoms with Crippen molar-refractivity contribution in [3.63, 3.8) is 0 Å². The quantitative estimate of drug-likeness (QED) is 0.0445. The molecule has 0 unspecified atom stereocenters. The van der Waals surface area contributed by atoms with Crippen molar-refractivity contribution in [2.45, 2.75) is 181 Å². The molecule has 0 saturated carbocycles. The van der Waals surface area contributed by atoms with Crippen molar-refractivity contribution in [3.05, 3.63) is 0 Å². The van der Waals surface area contributed by atoms with Gasteiger partial charge < -0.3 is 48.5 Å². The van der Waals surface area contributed by atoms with E-state index >= 15 is 0 Å². The lowest BCUT2D eigenvalue weighted by molar-refractivity contribution is 0.0133. The second-order valence-corrected chi connectivity index (χ2v) is 19.9. The van der Waals surface area contributed by atoms with Gasteiger partial charge in [0.05, 0.1) is 66.1 Å². The lowest BCUT2D eigenvalue weighted by Gasteiger charge is -2.19. The normalized spacial score (nSPS) is 11.9. The van der Waals surface area contributed by atoms with Gasteiger partial charge in [0.2, 0.25) is 0 Å². The number of carbonyl (C=O) groups excluding carboxylic acids is 2. The Kier molecular flexibility index (Phi) is 43.9. The third-order valence-corrected chi connectivity index (χ3v) is 11.5. The van der Waals surface area contributed by atoms with Crippen LogP contribution < -0.4 is 10.6 Å². The van der Waals surface area contributed by atoms with E-state index in [1.54, 1.807) is 0 Å². The Labute approximate surface area is 375 Å². The van der Waals surface area contributed by atoms with Crippen LogP contribution in [0.1, 0.15) is 170 Å². The number of hydrogen-bond acceptors (Lipinski definition) is 12. The van der Waals surface area contributed by atoms with Gasteiger partial charge in [0, 0.05) is 37.8 Å². The summed E-state index contributed by atoms with van der Waals surface area (Å²) in [6.07, 6.45) is 25.8. The smallest absolute Gasteiger partial charge is 0.407 e. The van der Waals surface area contributed by atoms with Gasteiger partial charge in [-0.1, -0.05) is 124 Å². The van der Waals surface area contributed by atoms with E-state index in [0.29, 0.717) is 79.2 Å². The molecule has 0 aromatic rings. The lowest BCUT2D eigenvalue weighted by Crippen LogP contribution is -2.34. The molecule has 358 valence electrons. The molecule has 0 rings (SSSR count). The molecule has 0 aliphatic rings. The van der Waals surface area contributed by atoms with E-state index in [9.17, 15) is 9.59 Å². The maximum atomic E-state index is 11.5. The largest absolute Gasteiger partial charge is 0.444 e. The number of nitrogens with one attached hydrogen (secondary N) is 2. The molecule has 0 aromatic carbocycles. The first-order valence-electron chi connectivity index (χ1n) is 23.6. The number of hydrogen-bond donors (Lipinski definition) is 2. The van der Waals surface area contributed by atoms with Crippen LogP contribution in [0.5, 0.6) is 0 Å². The minimum absolute atomic E-state index is 0.419. The second kappa shape index (κ2) is 44.6. The van der Waals surface area contributed by atoms with Gasteiger partial charge in [-0.3, -0.25) is 0 Å². The minimum atomic E-state index is -0.490. The van der Waals surface area contributed by atoms with Crippen molar-refractivity contribution in [1.82, 2.24) is 10.6 Å². The zero-order valence-electron chi connectivity index (χ0n) is 39.4. The summed E-state index contributed by atoms with van der Waals surface area (Å²) in [5, 5.41) is 5.33. The second-order valence-electron chi connectivity index (χ2n) is 17.2. The zero-order valence-corrected chi connectivity index (χ0v) is 41.0. The summed E-state index contributed by atoms with van der Waals surface area (Å²) in [5.41, 5.74) is -0.981. The maximum Gasteiger partial charge on any atom is 0.407 e. The highest BCUT2D eigenvalue weighted by Crippen LogP contribution is 2.25. The number of carbonyl (C=O) groups is 2. The summed E-state index contributed by atoms with van der Waals surface area (Å²) >= 11 is 0. The van der Waals surface area contributed by atoms with Crippen LogP contribution in [0.4, 0.5) is 9.59 Å². The summed E-state index contributed by atoms with van der Waals surface area (Å²) in [5.74, 6) is 2.61. The van der Waals surface area contributed by atoms with Gasteiger partial charge in [0.25, 0.3) is 0 Å². The van der Waals surface area contributed by atoms with Crippen LogP contribution in [-0.4, -0.2) is 127 Å². The van der Waals surface area contributed by atoms with Crippen LogP contribution in [0.2, 0.25) is 0 Å². The molecule has 0 aliphatic carbocycles. The van der Waals surface area contributed by atoms with Crippen LogP contribution in [0.3, 0.4) is 0 Å². The Morgan fingerprint density at radius 1 is 0.333 bits per heavy atom. The standard InChI is InChI=1S/C46H92N2O10S2/c1-45(2,3)57-43(49)47-27-31-53-35-39-55-37-33-51-29-23-19-15-11-7-9-13-17-21-25-41-59-60-42-26-22-18-14-10-8-12-16-20-24-30-52-34-38-56-40-36-54-32-28-48-44(50)58-46(4,5)6/h7-42H2,1-6H3,(H,47,49)(H,48,50). The fourth-order valence-corrected chi connectivity index (χ4v) is 8.13. The van der Waals surface area contributed by atoms with E-state index in [4.69, 9.17) is 37.9 Å². The van der Waals surface area contributed by atoms with E-state index in [1.807, 2.05) is 41.5 Å². The van der Waals surface area contributed by atoms with Gasteiger partial charge in [-0.15, -0.1) is 0 Å². The monoisotopic (exact) mass is 897 g/mol. The predicted molar refractivity (Wildman–Crippen MR) is 251 cm³/mol. The van der Waals surface area contributed by atoms with Gasteiger partial charge in [0.1, 0.15) is 11.2 Å². The van der Waals surface area contributed by atoms with Crippen molar-refractivity contribution >= 4 is 33.8 Å². The first kappa shape index (κ1) is 59.0. The fourth-order valence-electron chi connectivity index (χ4n) is 5.84. The minimum Gasteiger partial charge on any atom is -0.444 e. The molecular formula is C46H92N2O10S2. The van der Waals surface area contributed by atoms with Gasteiger partial charge in [0.15, 0.2) is 0 Å². The fraction of sp³-hybridized carbons (Fsp3) is 0.957. The number of ether oxygens (including phenoxy) is 8. The average molecular weight is 897 g/mol. The van der Waals surface area contributed by atoms with E-state index < -0.39 is 23.4 Å². The summed E-state index contributed by atoms with van der Waals surface area (Å²) in [6, 6.07) is 0. The third kappa shape index (κ3) is 53.1. The van der Waals surface area contributed by atoms with E-state index in [0.717, 1.165) is 26.1 Å². The predicted octanol–water partition coefficient (Wildman–Crippen LogP) is 11.3. The molecule has 0 fully saturated rings. The number of amides is 2. The van der Waals surface area contributed by atoms with E-state index in [-0.39, 0.29) is 0 Å². The number of alkyl carbamates (subject to hydrolysis) is 2. The Balaban J connectivity index is 3.12. The SMILES string of the molecule is CC(C)(C)OC(=O)NCCOCCOCCOCCCCCCCCCCCCSSCCCCCCCCCCCCOCCOCCOCCNC(=O)OC(C)(C)C. The number of unbranched alkanes of at least 4 members (excludes halogenated alkanes) is 18. The molecule has 2 N–H and O–H groups in total. The maximum absolute atomic E-state index is 11.5. The first-order valence-corrected chi connectivity index (χ1v) is 26.1. The molecule has 0 radical (unpaired) electrons. The van der Waals surface area contributed by atoms with Crippen molar-refractivity contribution in [1.29, 1.82) is 0 Å². The molecule has 0 spiro atoms. The molecule has 0 saturated heterocycles. The molecule has 2 amide bonds. The van der Waals surface area contributed by atoms with Gasteiger partial charge >= 0.3 is 12.2 Å². The van der Waals surface area contributed by atoms with Crippen LogP contribution in [-0.2, 0) is 37.9 Å². The Morgan fingerprint density at radius 3 is 0.850 bits per heavy atom. The first-order chi connectivity index (χ1) is 29.0. The van der Waals surface area contributed by atoms with Crippen LogP contribution in [0.15, 0.2) is 0 Å². The van der Waals surface area contributed by atoms with Gasteiger partial charge in [-0.05, 0) is 67.2 Å². The summed E-state index contributed by atoms with van der Waals surface area (Å²) in [7, 11) is 4.17. The van der Waals surface area contributed by atoms with Crippen molar-refractivity contribution in [2.75, 3.05) is 104 Å². The number of rotatable bonds is 45. The molecule has 0 aliphatic heterocycles. The highest BCUT2D eigenvalue weighted by atomic mass is 33.1. The third-order valence-electron chi connectivity index (χ3n) is 8.93. The molecule has 0 atom stereocenters. The van der Waals surface area contributed by atoms with Crippen molar-refractivity contribution in [3.8, 4) is 0 Å². The van der Waals surface area contributed by atoms with E-state index in [1.165, 1.54) is 127 Å². The average Bonchev–Trinajstić information content (AvgIpc) is 3.18. The molecule has 14 heteroatoms. The van der Waals surface area contributed by atoms with Crippen LogP contribution in [0, 0.1) is 0 Å². The van der Waals surface area contributed by atoms with Crippen molar-refractivity contribution < 1.29 is 47.5 Å². The molecule has 0 heterocycles. The summed E-state index contributed by atoms with van der Waals surface area (Å²) < 4.78 is 43.7. The van der Waals surface area contributed by atoms with Crippen LogP contribution in [0.25, 0.3) is 0 Å².